The van der Waals surface area contributed by atoms with Gasteiger partial charge in [-0.1, -0.05) is 30.3 Å². The number of ketones is 1. The number of Topliss-reactive ketones (excluding diaryl/α,β-unsaturated/α-hetero) is 1. The van der Waals surface area contributed by atoms with Gasteiger partial charge in [0.1, 0.15) is 22.5 Å². The number of hydrogen-bond acceptors (Lipinski definition) is 7. The van der Waals surface area contributed by atoms with E-state index in [4.69, 9.17) is 19.9 Å². The number of amides is 1. The van der Waals surface area contributed by atoms with Crippen LogP contribution in [0.25, 0.3) is 0 Å². The van der Waals surface area contributed by atoms with Crippen LogP contribution in [0.2, 0.25) is 0 Å². The van der Waals surface area contributed by atoms with Gasteiger partial charge in [-0.3, -0.25) is 9.59 Å². The topological polar surface area (TPSA) is 108 Å². The van der Waals surface area contributed by atoms with E-state index in [1.54, 1.807) is 31.1 Å². The van der Waals surface area contributed by atoms with Gasteiger partial charge in [0, 0.05) is 30.6 Å². The van der Waals surface area contributed by atoms with Gasteiger partial charge in [-0.05, 0) is 43.5 Å². The highest BCUT2D eigenvalue weighted by molar-refractivity contribution is 6.23. The maximum absolute atomic E-state index is 14.2. The number of rotatable bonds is 5. The Labute approximate surface area is 209 Å². The average Bonchev–Trinajstić information content (AvgIpc) is 3.11. The lowest BCUT2D eigenvalue weighted by atomic mass is 9.63. The van der Waals surface area contributed by atoms with Crippen molar-refractivity contribution in [1.82, 2.24) is 0 Å². The third-order valence-corrected chi connectivity index (χ3v) is 7.20. The third kappa shape index (κ3) is 3.24. The lowest BCUT2D eigenvalue weighted by molar-refractivity contribution is -0.141. The van der Waals surface area contributed by atoms with Crippen LogP contribution in [0.15, 0.2) is 71.3 Å². The molecule has 2 aliphatic heterocycles. The molecule has 1 spiro atoms. The molecule has 186 valence electrons. The van der Waals surface area contributed by atoms with Gasteiger partial charge in [0.2, 0.25) is 11.8 Å². The fourth-order valence-electron chi connectivity index (χ4n) is 5.70. The number of likely N-dealkylation sites (N-methyl/N-ethyl adjacent to an activating group) is 1. The van der Waals surface area contributed by atoms with Crippen molar-refractivity contribution in [3.05, 3.63) is 82.4 Å². The maximum atomic E-state index is 14.2. The summed E-state index contributed by atoms with van der Waals surface area (Å²) in [6, 6.07) is 14.7. The zero-order chi connectivity index (χ0) is 25.6. The lowest BCUT2D eigenvalue weighted by Crippen LogP contribution is -2.51. The van der Waals surface area contributed by atoms with Gasteiger partial charge >= 0.3 is 5.97 Å². The zero-order valence-corrected chi connectivity index (χ0v) is 20.5. The van der Waals surface area contributed by atoms with E-state index in [1.807, 2.05) is 43.3 Å². The summed E-state index contributed by atoms with van der Waals surface area (Å²) < 4.78 is 16.6. The molecule has 3 aliphatic rings. The second-order valence-electron chi connectivity index (χ2n) is 8.98. The van der Waals surface area contributed by atoms with Crippen LogP contribution in [0.5, 0.6) is 5.75 Å². The minimum atomic E-state index is -1.71. The quantitative estimate of drug-likeness (QED) is 0.642. The summed E-state index contributed by atoms with van der Waals surface area (Å²) in [4.78, 5) is 43.0. The van der Waals surface area contributed by atoms with Crippen LogP contribution in [-0.2, 0) is 29.3 Å². The third-order valence-electron chi connectivity index (χ3n) is 7.20. The Morgan fingerprint density at radius 1 is 1.11 bits per heavy atom. The van der Waals surface area contributed by atoms with E-state index >= 15 is 0 Å². The van der Waals surface area contributed by atoms with Gasteiger partial charge in [-0.15, -0.1) is 0 Å². The molecule has 2 aromatic carbocycles. The molecule has 0 bridgehead atoms. The Bertz CT molecular complexity index is 1330. The van der Waals surface area contributed by atoms with Crippen molar-refractivity contribution in [3.8, 4) is 5.75 Å². The van der Waals surface area contributed by atoms with Gasteiger partial charge in [0.05, 0.1) is 19.3 Å². The zero-order valence-electron chi connectivity index (χ0n) is 20.5. The molecule has 0 radical (unpaired) electrons. The number of esters is 1. The molecule has 0 fully saturated rings. The molecule has 2 N–H and O–H groups in total. The second kappa shape index (κ2) is 8.86. The fraction of sp³-hybridized carbons (Fsp3) is 0.321. The van der Waals surface area contributed by atoms with Crippen molar-refractivity contribution in [2.24, 2.45) is 5.73 Å². The summed E-state index contributed by atoms with van der Waals surface area (Å²) in [7, 11) is 1.60. The Kier molecular flexibility index (Phi) is 5.82. The molecule has 5 rings (SSSR count). The highest BCUT2D eigenvalue weighted by atomic mass is 16.5. The van der Waals surface area contributed by atoms with Crippen molar-refractivity contribution in [1.29, 1.82) is 0 Å². The fourth-order valence-corrected chi connectivity index (χ4v) is 5.70. The molecule has 8 heteroatoms. The van der Waals surface area contributed by atoms with Crippen LogP contribution in [0.1, 0.15) is 43.7 Å². The van der Waals surface area contributed by atoms with Crippen LogP contribution >= 0.6 is 0 Å². The second-order valence-corrected chi connectivity index (χ2v) is 8.98. The predicted octanol–water partition coefficient (Wildman–Crippen LogP) is 3.46. The number of nitrogens with two attached hydrogens (primary N) is 1. The minimum Gasteiger partial charge on any atom is -0.497 e. The molecule has 2 atom stereocenters. The molecule has 0 unspecified atom stereocenters. The van der Waals surface area contributed by atoms with Crippen molar-refractivity contribution in [2.45, 2.75) is 38.0 Å². The molecule has 1 amide bonds. The molecule has 0 saturated heterocycles. The molecular formula is C28H28N2O6. The van der Waals surface area contributed by atoms with Gasteiger partial charge in [-0.2, -0.15) is 0 Å². The van der Waals surface area contributed by atoms with E-state index in [0.717, 1.165) is 5.56 Å². The van der Waals surface area contributed by atoms with Crippen LogP contribution in [0, 0.1) is 0 Å². The van der Waals surface area contributed by atoms with Crippen molar-refractivity contribution in [2.75, 3.05) is 25.2 Å². The number of nitrogens with zero attached hydrogens (tertiary/aromatic N) is 1. The smallest absolute Gasteiger partial charge is 0.341 e. The molecule has 36 heavy (non-hydrogen) atoms. The van der Waals surface area contributed by atoms with Crippen LogP contribution in [0.4, 0.5) is 5.69 Å². The van der Waals surface area contributed by atoms with Crippen molar-refractivity contribution in [3.63, 3.8) is 0 Å². The van der Waals surface area contributed by atoms with Crippen LogP contribution in [0.3, 0.4) is 0 Å². The number of methoxy groups -OCH3 is 1. The molecule has 8 nitrogen and oxygen atoms in total. The molecule has 2 aromatic rings. The largest absolute Gasteiger partial charge is 0.497 e. The molecule has 0 aromatic heterocycles. The highest BCUT2D eigenvalue weighted by Crippen LogP contribution is 2.57. The van der Waals surface area contributed by atoms with Gasteiger partial charge in [0.15, 0.2) is 5.78 Å². The highest BCUT2D eigenvalue weighted by Gasteiger charge is 2.64. The van der Waals surface area contributed by atoms with E-state index in [1.165, 1.54) is 0 Å². The maximum Gasteiger partial charge on any atom is 0.341 e. The summed E-state index contributed by atoms with van der Waals surface area (Å²) in [5, 5.41) is 0. The van der Waals surface area contributed by atoms with Gasteiger partial charge in [0.25, 0.3) is 0 Å². The Morgan fingerprint density at radius 2 is 1.83 bits per heavy atom. The van der Waals surface area contributed by atoms with E-state index < -0.39 is 17.3 Å². The summed E-state index contributed by atoms with van der Waals surface area (Å²) in [6.07, 6.45) is 0.515. The van der Waals surface area contributed by atoms with Crippen LogP contribution < -0.4 is 15.4 Å². The Morgan fingerprint density at radius 3 is 2.50 bits per heavy atom. The summed E-state index contributed by atoms with van der Waals surface area (Å²) in [5.74, 6) is -0.780. The SMILES string of the molecule is CCOC(=O)C1=C(N)OC2=C(C(=O)C[C@@H](c3ccc(OC)cc3)C2)[C@@]12C(=O)N(CC)c1ccccc12. The lowest BCUT2D eigenvalue weighted by Gasteiger charge is -2.40. The summed E-state index contributed by atoms with van der Waals surface area (Å²) in [5.41, 5.74) is 6.83. The van der Waals surface area contributed by atoms with Crippen LogP contribution in [-0.4, -0.2) is 37.9 Å². The van der Waals surface area contributed by atoms with Gasteiger partial charge < -0.3 is 24.8 Å². The first-order valence-electron chi connectivity index (χ1n) is 12.1. The number of allylic oxidation sites excluding steroid dienone is 1. The van der Waals surface area contributed by atoms with Crippen molar-refractivity contribution >= 4 is 23.3 Å². The summed E-state index contributed by atoms with van der Waals surface area (Å²) in [6.45, 7) is 3.96. The number of anilines is 1. The molecule has 1 aliphatic carbocycles. The first-order chi connectivity index (χ1) is 17.4. The molecule has 2 heterocycles. The molecular weight excluding hydrogens is 460 g/mol. The Balaban J connectivity index is 1.72. The van der Waals surface area contributed by atoms with Crippen molar-refractivity contribution < 1.29 is 28.6 Å². The summed E-state index contributed by atoms with van der Waals surface area (Å²) >= 11 is 0. The normalized spacial score (nSPS) is 23.0. The average molecular weight is 489 g/mol. The van der Waals surface area contributed by atoms with E-state index in [0.29, 0.717) is 35.7 Å². The number of fused-ring (bicyclic) bond motifs is 3. The van der Waals surface area contributed by atoms with E-state index in [-0.39, 0.29) is 41.8 Å². The first-order valence-corrected chi connectivity index (χ1v) is 12.1. The minimum absolute atomic E-state index is 0.0818. The number of carbonyl (C=O) groups excluding carboxylic acids is 3. The monoisotopic (exact) mass is 488 g/mol. The van der Waals surface area contributed by atoms with E-state index in [2.05, 4.69) is 0 Å². The van der Waals surface area contributed by atoms with E-state index in [9.17, 15) is 14.4 Å². The number of hydrogen-bond donors (Lipinski definition) is 1. The molecule has 0 saturated carbocycles. The first kappa shape index (κ1) is 23.7. The predicted molar refractivity (Wildman–Crippen MR) is 132 cm³/mol. The number of ether oxygens (including phenoxy) is 3. The number of benzene rings is 2. The Hall–Kier alpha value is -4.07. The standard InChI is InChI=1S/C28H28N2O6/c1-4-30-20-9-7-6-8-19(20)28(27(30)33)23-21(31)14-17(16-10-12-18(34-3)13-11-16)15-22(23)36-25(29)24(28)26(32)35-5-2/h6-13,17H,4-5,14-15,29H2,1-3H3/t17-,28-/m1/s1. The number of para-hydroxylation sites is 1. The number of carbonyl (C=O) groups is 3. The van der Waals surface area contributed by atoms with Gasteiger partial charge in [-0.25, -0.2) is 4.79 Å².